The van der Waals surface area contributed by atoms with Crippen molar-refractivity contribution in [2.75, 3.05) is 31.1 Å². The molecule has 3 aromatic rings. The molecule has 27 heavy (non-hydrogen) atoms. The van der Waals surface area contributed by atoms with Crippen molar-refractivity contribution in [1.29, 1.82) is 0 Å². The van der Waals surface area contributed by atoms with E-state index in [0.717, 1.165) is 30.2 Å². The number of aryl methyl sites for hydroxylation is 2. The SMILES string of the molecule is Cc1n[nH]c(C)c1N1CCN(C(=O)Cn2cnc3ccccc3c2=O)CC1. The Kier molecular flexibility index (Phi) is 4.39. The lowest BCUT2D eigenvalue weighted by atomic mass is 10.2. The zero-order chi connectivity index (χ0) is 19.0. The van der Waals surface area contributed by atoms with Crippen LogP contribution in [-0.4, -0.2) is 56.7 Å². The number of fused-ring (bicyclic) bond motifs is 1. The summed E-state index contributed by atoms with van der Waals surface area (Å²) in [5.41, 5.74) is 3.60. The standard InChI is InChI=1S/C19H22N6O2/c1-13-18(14(2)22-21-13)24-9-7-23(8-10-24)17(26)11-25-12-20-16-6-4-3-5-15(16)19(25)27/h3-6,12H,7-11H2,1-2H3,(H,21,22). The summed E-state index contributed by atoms with van der Waals surface area (Å²) in [7, 11) is 0. The minimum absolute atomic E-state index is 0.0143. The number of H-pyrrole nitrogens is 1. The van der Waals surface area contributed by atoms with E-state index in [4.69, 9.17) is 0 Å². The summed E-state index contributed by atoms with van der Waals surface area (Å²) in [6.07, 6.45) is 1.46. The Balaban J connectivity index is 1.45. The van der Waals surface area contributed by atoms with Crippen molar-refractivity contribution < 1.29 is 4.79 Å². The number of nitrogens with zero attached hydrogens (tertiary/aromatic N) is 5. The topological polar surface area (TPSA) is 87.1 Å². The van der Waals surface area contributed by atoms with Crippen LogP contribution in [0.3, 0.4) is 0 Å². The maximum absolute atomic E-state index is 12.7. The first-order valence-electron chi connectivity index (χ1n) is 9.03. The molecule has 0 saturated carbocycles. The van der Waals surface area contributed by atoms with Crippen LogP contribution in [0.5, 0.6) is 0 Å². The van der Waals surface area contributed by atoms with E-state index in [0.29, 0.717) is 24.0 Å². The summed E-state index contributed by atoms with van der Waals surface area (Å²) < 4.78 is 1.39. The van der Waals surface area contributed by atoms with Crippen LogP contribution < -0.4 is 10.5 Å². The van der Waals surface area contributed by atoms with Gasteiger partial charge < -0.3 is 9.80 Å². The Morgan fingerprint density at radius 2 is 1.89 bits per heavy atom. The molecule has 0 aliphatic carbocycles. The molecule has 8 heteroatoms. The third-order valence-corrected chi connectivity index (χ3v) is 5.07. The maximum Gasteiger partial charge on any atom is 0.261 e. The summed E-state index contributed by atoms with van der Waals surface area (Å²) in [5, 5.41) is 7.78. The normalized spacial score (nSPS) is 14.7. The lowest BCUT2D eigenvalue weighted by molar-refractivity contribution is -0.132. The Morgan fingerprint density at radius 1 is 1.15 bits per heavy atom. The number of aromatic amines is 1. The number of para-hydroxylation sites is 1. The molecule has 3 heterocycles. The van der Waals surface area contributed by atoms with Gasteiger partial charge >= 0.3 is 0 Å². The fraction of sp³-hybridized carbons (Fsp3) is 0.368. The second kappa shape index (κ2) is 6.86. The molecule has 1 amide bonds. The number of carbonyl (C=O) groups excluding carboxylic acids is 1. The largest absolute Gasteiger partial charge is 0.365 e. The number of aromatic nitrogens is 4. The van der Waals surface area contributed by atoms with Crippen LogP contribution in [-0.2, 0) is 11.3 Å². The van der Waals surface area contributed by atoms with Gasteiger partial charge in [0.25, 0.3) is 5.56 Å². The van der Waals surface area contributed by atoms with Gasteiger partial charge in [-0.2, -0.15) is 5.10 Å². The molecule has 0 atom stereocenters. The van der Waals surface area contributed by atoms with Crippen molar-refractivity contribution in [3.05, 3.63) is 52.3 Å². The maximum atomic E-state index is 12.7. The quantitative estimate of drug-likeness (QED) is 0.750. The summed E-state index contributed by atoms with van der Waals surface area (Å²) in [4.78, 5) is 33.6. The molecule has 1 fully saturated rings. The molecule has 1 aromatic carbocycles. The molecular weight excluding hydrogens is 344 g/mol. The summed E-state index contributed by atoms with van der Waals surface area (Å²) >= 11 is 0. The van der Waals surface area contributed by atoms with E-state index in [9.17, 15) is 9.59 Å². The molecule has 0 bridgehead atoms. The first-order valence-corrected chi connectivity index (χ1v) is 9.03. The van der Waals surface area contributed by atoms with Gasteiger partial charge in [-0.1, -0.05) is 12.1 Å². The number of piperazine rings is 1. The summed E-state index contributed by atoms with van der Waals surface area (Å²) in [5.74, 6) is -0.0607. The number of hydrogen-bond donors (Lipinski definition) is 1. The van der Waals surface area contributed by atoms with Gasteiger partial charge in [0.2, 0.25) is 5.91 Å². The van der Waals surface area contributed by atoms with Gasteiger partial charge in [0.05, 0.1) is 34.3 Å². The van der Waals surface area contributed by atoms with E-state index in [1.165, 1.54) is 10.9 Å². The minimum Gasteiger partial charge on any atom is -0.365 e. The van der Waals surface area contributed by atoms with Crippen LogP contribution >= 0.6 is 0 Å². The highest BCUT2D eigenvalue weighted by Crippen LogP contribution is 2.23. The summed E-state index contributed by atoms with van der Waals surface area (Å²) in [6, 6.07) is 7.17. The van der Waals surface area contributed by atoms with Crippen molar-refractivity contribution in [3.8, 4) is 0 Å². The van der Waals surface area contributed by atoms with Crippen LogP contribution in [0.2, 0.25) is 0 Å². The number of rotatable bonds is 3. The van der Waals surface area contributed by atoms with Crippen molar-refractivity contribution in [3.63, 3.8) is 0 Å². The van der Waals surface area contributed by atoms with Crippen LogP contribution in [0.15, 0.2) is 35.4 Å². The Morgan fingerprint density at radius 3 is 2.59 bits per heavy atom. The third kappa shape index (κ3) is 3.18. The second-order valence-corrected chi connectivity index (χ2v) is 6.85. The smallest absolute Gasteiger partial charge is 0.261 e. The van der Waals surface area contributed by atoms with E-state index >= 15 is 0 Å². The van der Waals surface area contributed by atoms with Gasteiger partial charge in [0.1, 0.15) is 6.54 Å². The number of carbonyl (C=O) groups is 1. The average molecular weight is 366 g/mol. The lowest BCUT2D eigenvalue weighted by Gasteiger charge is -2.36. The molecular formula is C19H22N6O2. The number of nitrogens with one attached hydrogen (secondary N) is 1. The van der Waals surface area contributed by atoms with Gasteiger partial charge in [0, 0.05) is 26.2 Å². The van der Waals surface area contributed by atoms with E-state index in [1.54, 1.807) is 18.2 Å². The Hall–Kier alpha value is -3.16. The fourth-order valence-electron chi connectivity index (χ4n) is 3.65. The Bertz CT molecular complexity index is 1030. The first kappa shape index (κ1) is 17.3. The zero-order valence-electron chi connectivity index (χ0n) is 15.5. The fourth-order valence-corrected chi connectivity index (χ4v) is 3.65. The molecule has 1 aliphatic rings. The number of anilines is 1. The summed E-state index contributed by atoms with van der Waals surface area (Å²) in [6.45, 7) is 6.74. The molecule has 1 saturated heterocycles. The average Bonchev–Trinajstić information content (AvgIpc) is 3.02. The zero-order valence-corrected chi connectivity index (χ0v) is 15.5. The van der Waals surface area contributed by atoms with Gasteiger partial charge in [0.15, 0.2) is 0 Å². The van der Waals surface area contributed by atoms with Gasteiger partial charge in [-0.3, -0.25) is 19.3 Å². The van der Waals surface area contributed by atoms with Crippen LogP contribution in [0, 0.1) is 13.8 Å². The van der Waals surface area contributed by atoms with Crippen molar-refractivity contribution in [2.45, 2.75) is 20.4 Å². The molecule has 0 unspecified atom stereocenters. The molecule has 8 nitrogen and oxygen atoms in total. The van der Waals surface area contributed by atoms with Gasteiger partial charge in [-0.05, 0) is 26.0 Å². The van der Waals surface area contributed by atoms with Crippen LogP contribution in [0.4, 0.5) is 5.69 Å². The van der Waals surface area contributed by atoms with Crippen molar-refractivity contribution >= 4 is 22.5 Å². The molecule has 1 N–H and O–H groups in total. The molecule has 0 radical (unpaired) electrons. The molecule has 140 valence electrons. The van der Waals surface area contributed by atoms with E-state index in [-0.39, 0.29) is 18.0 Å². The number of hydrogen-bond acceptors (Lipinski definition) is 5. The molecule has 0 spiro atoms. The monoisotopic (exact) mass is 366 g/mol. The van der Waals surface area contributed by atoms with E-state index in [1.807, 2.05) is 24.8 Å². The van der Waals surface area contributed by atoms with Crippen molar-refractivity contribution in [2.24, 2.45) is 0 Å². The number of amides is 1. The van der Waals surface area contributed by atoms with E-state index < -0.39 is 0 Å². The third-order valence-electron chi connectivity index (χ3n) is 5.07. The highest BCUT2D eigenvalue weighted by Gasteiger charge is 2.24. The molecule has 4 rings (SSSR count). The van der Waals surface area contributed by atoms with Crippen molar-refractivity contribution in [1.82, 2.24) is 24.6 Å². The molecule has 2 aromatic heterocycles. The highest BCUT2D eigenvalue weighted by atomic mass is 16.2. The van der Waals surface area contributed by atoms with Gasteiger partial charge in [-0.25, -0.2) is 4.98 Å². The Labute approximate surface area is 156 Å². The molecule has 1 aliphatic heterocycles. The predicted molar refractivity (Wildman–Crippen MR) is 103 cm³/mol. The van der Waals surface area contributed by atoms with Crippen LogP contribution in [0.25, 0.3) is 10.9 Å². The second-order valence-electron chi connectivity index (χ2n) is 6.85. The van der Waals surface area contributed by atoms with Crippen LogP contribution in [0.1, 0.15) is 11.4 Å². The lowest BCUT2D eigenvalue weighted by Crippen LogP contribution is -2.50. The van der Waals surface area contributed by atoms with E-state index in [2.05, 4.69) is 20.1 Å². The highest BCUT2D eigenvalue weighted by molar-refractivity contribution is 5.79. The predicted octanol–water partition coefficient (Wildman–Crippen LogP) is 1.09. The minimum atomic E-state index is -0.183. The first-order chi connectivity index (χ1) is 13.0. The van der Waals surface area contributed by atoms with Gasteiger partial charge in [-0.15, -0.1) is 0 Å². The number of benzene rings is 1.